The van der Waals surface area contributed by atoms with Crippen molar-refractivity contribution in [2.75, 3.05) is 0 Å². The summed E-state index contributed by atoms with van der Waals surface area (Å²) in [6.07, 6.45) is 2.55. The third-order valence-electron chi connectivity index (χ3n) is 3.08. The molecule has 0 atom stereocenters. The maximum absolute atomic E-state index is 8.88. The largest absolute Gasteiger partial charge is 0.460 e. The molecule has 1 saturated carbocycles. The van der Waals surface area contributed by atoms with E-state index in [2.05, 4.69) is 11.4 Å². The van der Waals surface area contributed by atoms with Crippen LogP contribution in [0.5, 0.6) is 0 Å². The van der Waals surface area contributed by atoms with Crippen molar-refractivity contribution in [3.05, 3.63) is 47.7 Å². The zero-order valence-electron chi connectivity index (χ0n) is 10.0. The molecule has 1 aromatic heterocycles. The van der Waals surface area contributed by atoms with E-state index in [1.165, 1.54) is 12.8 Å². The molecule has 3 rings (SSSR count). The van der Waals surface area contributed by atoms with Gasteiger partial charge in [-0.1, -0.05) is 12.1 Å². The molecular formula is C15H14N2O. The van der Waals surface area contributed by atoms with Crippen LogP contribution in [0.4, 0.5) is 0 Å². The van der Waals surface area contributed by atoms with Gasteiger partial charge in [0.25, 0.3) is 0 Å². The lowest BCUT2D eigenvalue weighted by atomic mass is 10.1. The molecule has 0 unspecified atom stereocenters. The fourth-order valence-electron chi connectivity index (χ4n) is 1.90. The highest BCUT2D eigenvalue weighted by Gasteiger charge is 2.20. The number of hydrogen-bond acceptors (Lipinski definition) is 3. The van der Waals surface area contributed by atoms with E-state index in [1.54, 1.807) is 6.07 Å². The van der Waals surface area contributed by atoms with Gasteiger partial charge >= 0.3 is 0 Å². The lowest BCUT2D eigenvalue weighted by Crippen LogP contribution is -2.14. The van der Waals surface area contributed by atoms with Crippen molar-refractivity contribution in [2.24, 2.45) is 0 Å². The maximum atomic E-state index is 8.88. The summed E-state index contributed by atoms with van der Waals surface area (Å²) >= 11 is 0. The Bertz CT molecular complexity index is 591. The quantitative estimate of drug-likeness (QED) is 0.890. The molecule has 0 aliphatic heterocycles. The van der Waals surface area contributed by atoms with Gasteiger partial charge in [-0.05, 0) is 37.1 Å². The molecule has 1 heterocycles. The standard InChI is InChI=1S/C15H14N2O/c16-9-11-2-1-3-12(8-11)15-7-6-14(18-15)10-17-13-4-5-13/h1-3,6-8,13,17H,4-5,10H2. The summed E-state index contributed by atoms with van der Waals surface area (Å²) in [5, 5.41) is 12.3. The van der Waals surface area contributed by atoms with Crippen LogP contribution >= 0.6 is 0 Å². The zero-order valence-corrected chi connectivity index (χ0v) is 10.0. The first kappa shape index (κ1) is 11.1. The molecule has 1 aliphatic rings. The average Bonchev–Trinajstić information content (AvgIpc) is 3.13. The summed E-state index contributed by atoms with van der Waals surface area (Å²) in [5.74, 6) is 1.76. The van der Waals surface area contributed by atoms with E-state index >= 15 is 0 Å². The van der Waals surface area contributed by atoms with E-state index < -0.39 is 0 Å². The lowest BCUT2D eigenvalue weighted by Gasteiger charge is -1.99. The fraction of sp³-hybridized carbons (Fsp3) is 0.267. The molecular weight excluding hydrogens is 224 g/mol. The Labute approximate surface area is 106 Å². The first-order valence-electron chi connectivity index (χ1n) is 6.18. The molecule has 18 heavy (non-hydrogen) atoms. The predicted octanol–water partition coefficient (Wildman–Crippen LogP) is 3.07. The highest BCUT2D eigenvalue weighted by Crippen LogP contribution is 2.24. The van der Waals surface area contributed by atoms with Crippen molar-refractivity contribution < 1.29 is 4.42 Å². The van der Waals surface area contributed by atoms with Crippen LogP contribution in [0, 0.1) is 11.3 Å². The van der Waals surface area contributed by atoms with Crippen molar-refractivity contribution in [1.82, 2.24) is 5.32 Å². The van der Waals surface area contributed by atoms with Crippen molar-refractivity contribution >= 4 is 0 Å². The second-order valence-corrected chi connectivity index (χ2v) is 4.61. The minimum atomic E-state index is 0.654. The van der Waals surface area contributed by atoms with Gasteiger partial charge in [0.1, 0.15) is 11.5 Å². The molecule has 2 aromatic rings. The summed E-state index contributed by atoms with van der Waals surface area (Å²) in [6.45, 7) is 0.780. The van der Waals surface area contributed by atoms with Crippen LogP contribution in [0.1, 0.15) is 24.2 Å². The molecule has 1 fully saturated rings. The number of benzene rings is 1. The van der Waals surface area contributed by atoms with Gasteiger partial charge in [-0.3, -0.25) is 0 Å². The van der Waals surface area contributed by atoms with Crippen molar-refractivity contribution in [1.29, 1.82) is 5.26 Å². The molecule has 1 N–H and O–H groups in total. The Kier molecular flexibility index (Phi) is 2.87. The molecule has 0 radical (unpaired) electrons. The first-order chi connectivity index (χ1) is 8.85. The number of nitriles is 1. The van der Waals surface area contributed by atoms with Gasteiger partial charge in [-0.2, -0.15) is 5.26 Å². The van der Waals surface area contributed by atoms with Crippen LogP contribution in [0.15, 0.2) is 40.8 Å². The summed E-state index contributed by atoms with van der Waals surface area (Å²) in [6, 6.07) is 14.2. The van der Waals surface area contributed by atoms with Gasteiger partial charge in [0.05, 0.1) is 18.2 Å². The van der Waals surface area contributed by atoms with E-state index in [0.29, 0.717) is 11.6 Å². The highest BCUT2D eigenvalue weighted by molar-refractivity contribution is 5.60. The van der Waals surface area contributed by atoms with Gasteiger partial charge in [0, 0.05) is 11.6 Å². The van der Waals surface area contributed by atoms with Crippen LogP contribution in [0.2, 0.25) is 0 Å². The minimum Gasteiger partial charge on any atom is -0.460 e. The molecule has 0 saturated heterocycles. The first-order valence-corrected chi connectivity index (χ1v) is 6.18. The second kappa shape index (κ2) is 4.67. The topological polar surface area (TPSA) is 49.0 Å². The van der Waals surface area contributed by atoms with Gasteiger partial charge in [-0.25, -0.2) is 0 Å². The van der Waals surface area contributed by atoms with Crippen molar-refractivity contribution in [2.45, 2.75) is 25.4 Å². The Morgan fingerprint density at radius 2 is 2.17 bits per heavy atom. The van der Waals surface area contributed by atoms with Gasteiger partial charge in [0.2, 0.25) is 0 Å². The zero-order chi connectivity index (χ0) is 12.4. The van der Waals surface area contributed by atoms with Gasteiger partial charge in [-0.15, -0.1) is 0 Å². The summed E-state index contributed by atoms with van der Waals surface area (Å²) in [7, 11) is 0. The Balaban J connectivity index is 1.76. The third kappa shape index (κ3) is 2.44. The molecule has 1 aromatic carbocycles. The Morgan fingerprint density at radius 3 is 2.94 bits per heavy atom. The number of furan rings is 1. The van der Waals surface area contributed by atoms with E-state index in [0.717, 1.165) is 23.6 Å². The number of nitrogens with one attached hydrogen (secondary N) is 1. The number of hydrogen-bond donors (Lipinski definition) is 1. The van der Waals surface area contributed by atoms with Crippen LogP contribution in [0.25, 0.3) is 11.3 Å². The maximum Gasteiger partial charge on any atom is 0.134 e. The van der Waals surface area contributed by atoms with Crippen LogP contribution in [-0.2, 0) is 6.54 Å². The minimum absolute atomic E-state index is 0.654. The molecule has 90 valence electrons. The van der Waals surface area contributed by atoms with Crippen molar-refractivity contribution in [3.63, 3.8) is 0 Å². The average molecular weight is 238 g/mol. The van der Waals surface area contributed by atoms with Crippen LogP contribution < -0.4 is 5.32 Å². The van der Waals surface area contributed by atoms with E-state index in [4.69, 9.17) is 9.68 Å². The number of nitrogens with zero attached hydrogens (tertiary/aromatic N) is 1. The summed E-state index contributed by atoms with van der Waals surface area (Å²) in [5.41, 5.74) is 1.60. The van der Waals surface area contributed by atoms with Gasteiger partial charge < -0.3 is 9.73 Å². The third-order valence-corrected chi connectivity index (χ3v) is 3.08. The monoisotopic (exact) mass is 238 g/mol. The lowest BCUT2D eigenvalue weighted by molar-refractivity contribution is 0.492. The SMILES string of the molecule is N#Cc1cccc(-c2ccc(CNC3CC3)o2)c1. The van der Waals surface area contributed by atoms with E-state index in [-0.39, 0.29) is 0 Å². The number of rotatable bonds is 4. The summed E-state index contributed by atoms with van der Waals surface area (Å²) in [4.78, 5) is 0. The Hall–Kier alpha value is -2.05. The molecule has 3 heteroatoms. The molecule has 0 spiro atoms. The molecule has 1 aliphatic carbocycles. The summed E-state index contributed by atoms with van der Waals surface area (Å²) < 4.78 is 5.78. The van der Waals surface area contributed by atoms with Crippen molar-refractivity contribution in [3.8, 4) is 17.4 Å². The van der Waals surface area contributed by atoms with E-state index in [1.807, 2.05) is 30.3 Å². The Morgan fingerprint density at radius 1 is 1.28 bits per heavy atom. The van der Waals surface area contributed by atoms with Crippen LogP contribution in [0.3, 0.4) is 0 Å². The molecule has 3 nitrogen and oxygen atoms in total. The normalized spacial score (nSPS) is 14.4. The smallest absolute Gasteiger partial charge is 0.134 e. The van der Waals surface area contributed by atoms with E-state index in [9.17, 15) is 0 Å². The second-order valence-electron chi connectivity index (χ2n) is 4.61. The molecule has 0 bridgehead atoms. The van der Waals surface area contributed by atoms with Crippen LogP contribution in [-0.4, -0.2) is 6.04 Å². The highest BCUT2D eigenvalue weighted by atomic mass is 16.3. The molecule has 0 amide bonds. The fourth-order valence-corrected chi connectivity index (χ4v) is 1.90. The predicted molar refractivity (Wildman–Crippen MR) is 68.7 cm³/mol. The van der Waals surface area contributed by atoms with Gasteiger partial charge in [0.15, 0.2) is 0 Å².